The molecule has 1 aromatic heterocycles. The third kappa shape index (κ3) is 5.91. The summed E-state index contributed by atoms with van der Waals surface area (Å²) in [6.45, 7) is 11.8. The van der Waals surface area contributed by atoms with Crippen molar-refractivity contribution >= 4 is 34.6 Å². The fraction of sp³-hybridized carbons (Fsp3) is 0.478. The molecule has 0 saturated carbocycles. The number of rotatable bonds is 4. The van der Waals surface area contributed by atoms with Crippen LogP contribution in [0.3, 0.4) is 0 Å². The second kappa shape index (κ2) is 8.58. The lowest BCUT2D eigenvalue weighted by Gasteiger charge is -2.50. The van der Waals surface area contributed by atoms with Gasteiger partial charge >= 0.3 is 0 Å². The molecule has 2 aromatic rings. The first kappa shape index (κ1) is 22.0. The normalized spacial score (nSPS) is 18.3. The van der Waals surface area contributed by atoms with E-state index in [1.54, 1.807) is 0 Å². The van der Waals surface area contributed by atoms with E-state index in [1.165, 1.54) is 5.56 Å². The molecule has 4 nitrogen and oxygen atoms in total. The standard InChI is InChI=1S/C23H31ClN4S/c1-16-6-7-20(19(24)12-16)26-21(29)28(15-17-8-10-25-11-9-17)18-13-22(2,3)27-23(4,5)14-18/h6-12,18,27H,13-15H2,1-5H3,(H,26,29). The first-order chi connectivity index (χ1) is 13.5. The molecule has 0 atom stereocenters. The fourth-order valence-electron chi connectivity index (χ4n) is 4.45. The lowest BCUT2D eigenvalue weighted by molar-refractivity contribution is 0.101. The molecule has 0 spiro atoms. The number of hydrogen-bond donors (Lipinski definition) is 2. The van der Waals surface area contributed by atoms with Crippen LogP contribution in [0.4, 0.5) is 5.69 Å². The van der Waals surface area contributed by atoms with Crippen molar-refractivity contribution < 1.29 is 0 Å². The number of anilines is 1. The molecule has 0 aliphatic carbocycles. The minimum absolute atomic E-state index is 0.0278. The first-order valence-corrected chi connectivity index (χ1v) is 10.9. The maximum atomic E-state index is 6.46. The van der Waals surface area contributed by atoms with E-state index in [1.807, 2.05) is 49.6 Å². The summed E-state index contributed by atoms with van der Waals surface area (Å²) in [4.78, 5) is 6.46. The molecule has 0 unspecified atom stereocenters. The van der Waals surface area contributed by atoms with Crippen molar-refractivity contribution in [3.63, 3.8) is 0 Å². The zero-order valence-corrected chi connectivity index (χ0v) is 19.5. The maximum Gasteiger partial charge on any atom is 0.174 e. The molecule has 0 amide bonds. The topological polar surface area (TPSA) is 40.2 Å². The molecule has 0 radical (unpaired) electrons. The summed E-state index contributed by atoms with van der Waals surface area (Å²) >= 11 is 12.4. The van der Waals surface area contributed by atoms with Gasteiger partial charge in [0.2, 0.25) is 0 Å². The summed E-state index contributed by atoms with van der Waals surface area (Å²) in [5.74, 6) is 0. The second-order valence-electron chi connectivity index (χ2n) is 9.35. The fourth-order valence-corrected chi connectivity index (χ4v) is 5.05. The van der Waals surface area contributed by atoms with Gasteiger partial charge in [0.25, 0.3) is 0 Å². The summed E-state index contributed by atoms with van der Waals surface area (Å²) in [6.07, 6.45) is 5.67. The summed E-state index contributed by atoms with van der Waals surface area (Å²) in [7, 11) is 0. The van der Waals surface area contributed by atoms with Crippen molar-refractivity contribution in [3.05, 3.63) is 58.9 Å². The Morgan fingerprint density at radius 1 is 1.17 bits per heavy atom. The summed E-state index contributed by atoms with van der Waals surface area (Å²) in [6, 6.07) is 10.4. The average Bonchev–Trinajstić information content (AvgIpc) is 2.60. The average molecular weight is 431 g/mol. The number of halogens is 1. The van der Waals surface area contributed by atoms with Crippen LogP contribution in [0.15, 0.2) is 42.7 Å². The van der Waals surface area contributed by atoms with Crippen molar-refractivity contribution in [2.24, 2.45) is 0 Å². The monoisotopic (exact) mass is 430 g/mol. The molecule has 1 aromatic carbocycles. The van der Waals surface area contributed by atoms with Gasteiger partial charge in [-0.1, -0.05) is 17.7 Å². The number of benzene rings is 1. The summed E-state index contributed by atoms with van der Waals surface area (Å²) in [5, 5.41) is 8.54. The Bertz CT molecular complexity index is 850. The first-order valence-electron chi connectivity index (χ1n) is 10.1. The lowest BCUT2D eigenvalue weighted by Crippen LogP contribution is -2.63. The van der Waals surface area contributed by atoms with Gasteiger partial charge in [0.15, 0.2) is 5.11 Å². The molecule has 1 saturated heterocycles. The van der Waals surface area contributed by atoms with Crippen LogP contribution in [0.25, 0.3) is 0 Å². The van der Waals surface area contributed by atoms with E-state index in [2.05, 4.69) is 48.2 Å². The number of pyridine rings is 1. The zero-order chi connectivity index (χ0) is 21.2. The summed E-state index contributed by atoms with van der Waals surface area (Å²) in [5.41, 5.74) is 3.21. The highest BCUT2D eigenvalue weighted by molar-refractivity contribution is 7.80. The van der Waals surface area contributed by atoms with E-state index in [9.17, 15) is 0 Å². The van der Waals surface area contributed by atoms with Crippen LogP contribution in [0.5, 0.6) is 0 Å². The molecule has 29 heavy (non-hydrogen) atoms. The number of aromatic nitrogens is 1. The number of nitrogens with one attached hydrogen (secondary N) is 2. The van der Waals surface area contributed by atoms with Crippen LogP contribution in [0.2, 0.25) is 5.02 Å². The largest absolute Gasteiger partial charge is 0.342 e. The molecule has 156 valence electrons. The highest BCUT2D eigenvalue weighted by Crippen LogP contribution is 2.33. The van der Waals surface area contributed by atoms with Gasteiger partial charge in [-0.05, 0) is 95.1 Å². The van der Waals surface area contributed by atoms with E-state index in [0.717, 1.165) is 30.6 Å². The highest BCUT2D eigenvalue weighted by atomic mass is 35.5. The van der Waals surface area contributed by atoms with Crippen molar-refractivity contribution in [3.8, 4) is 0 Å². The van der Waals surface area contributed by atoms with Crippen LogP contribution in [-0.4, -0.2) is 32.1 Å². The van der Waals surface area contributed by atoms with Gasteiger partial charge in [0, 0.05) is 36.1 Å². The van der Waals surface area contributed by atoms with Crippen LogP contribution in [0, 0.1) is 6.92 Å². The molecule has 1 aliphatic heterocycles. The maximum absolute atomic E-state index is 6.46. The number of aryl methyl sites for hydroxylation is 1. The molecule has 1 fully saturated rings. The van der Waals surface area contributed by atoms with E-state index in [4.69, 9.17) is 23.8 Å². The Morgan fingerprint density at radius 2 is 1.79 bits per heavy atom. The minimum Gasteiger partial charge on any atom is -0.342 e. The predicted molar refractivity (Wildman–Crippen MR) is 127 cm³/mol. The summed E-state index contributed by atoms with van der Waals surface area (Å²) < 4.78 is 0. The Balaban J connectivity index is 1.89. The molecule has 2 heterocycles. The van der Waals surface area contributed by atoms with Crippen LogP contribution in [-0.2, 0) is 6.54 Å². The quantitative estimate of drug-likeness (QED) is 0.622. The van der Waals surface area contributed by atoms with Gasteiger partial charge < -0.3 is 15.5 Å². The van der Waals surface area contributed by atoms with Crippen LogP contribution >= 0.6 is 23.8 Å². The van der Waals surface area contributed by atoms with Gasteiger partial charge in [0.1, 0.15) is 0 Å². The third-order valence-electron chi connectivity index (χ3n) is 5.34. The molecule has 3 rings (SSSR count). The molecular weight excluding hydrogens is 400 g/mol. The Kier molecular flexibility index (Phi) is 6.51. The smallest absolute Gasteiger partial charge is 0.174 e. The predicted octanol–water partition coefficient (Wildman–Crippen LogP) is 5.55. The third-order valence-corrected chi connectivity index (χ3v) is 5.99. The van der Waals surface area contributed by atoms with Gasteiger partial charge in [-0.25, -0.2) is 0 Å². The number of thiocarbonyl (C=S) groups is 1. The number of nitrogens with zero attached hydrogens (tertiary/aromatic N) is 2. The Hall–Kier alpha value is -1.69. The molecule has 1 aliphatic rings. The van der Waals surface area contributed by atoms with E-state index in [0.29, 0.717) is 16.2 Å². The van der Waals surface area contributed by atoms with Crippen molar-refractivity contribution in [1.82, 2.24) is 15.2 Å². The molecule has 6 heteroatoms. The van der Waals surface area contributed by atoms with Crippen molar-refractivity contribution in [1.29, 1.82) is 0 Å². The SMILES string of the molecule is Cc1ccc(NC(=S)N(Cc2ccncc2)C2CC(C)(C)NC(C)(C)C2)c(Cl)c1. The number of piperidine rings is 1. The van der Waals surface area contributed by atoms with Crippen LogP contribution in [0.1, 0.15) is 51.7 Å². The molecule has 2 N–H and O–H groups in total. The zero-order valence-electron chi connectivity index (χ0n) is 17.9. The molecule has 0 bridgehead atoms. The van der Waals surface area contributed by atoms with Gasteiger partial charge in [-0.3, -0.25) is 4.98 Å². The van der Waals surface area contributed by atoms with E-state index in [-0.39, 0.29) is 11.1 Å². The number of hydrogen-bond acceptors (Lipinski definition) is 3. The van der Waals surface area contributed by atoms with Crippen molar-refractivity contribution in [2.45, 2.75) is 71.1 Å². The van der Waals surface area contributed by atoms with Gasteiger partial charge in [-0.2, -0.15) is 0 Å². The Labute approximate surface area is 185 Å². The van der Waals surface area contributed by atoms with Crippen LogP contribution < -0.4 is 10.6 Å². The molecular formula is C23H31ClN4S. The van der Waals surface area contributed by atoms with Crippen molar-refractivity contribution in [2.75, 3.05) is 5.32 Å². The van der Waals surface area contributed by atoms with E-state index < -0.39 is 0 Å². The second-order valence-corrected chi connectivity index (χ2v) is 10.1. The highest BCUT2D eigenvalue weighted by Gasteiger charge is 2.40. The van der Waals surface area contributed by atoms with Gasteiger partial charge in [0.05, 0.1) is 10.7 Å². The Morgan fingerprint density at radius 3 is 2.38 bits per heavy atom. The lowest BCUT2D eigenvalue weighted by atomic mass is 9.79. The minimum atomic E-state index is 0.0278. The van der Waals surface area contributed by atoms with E-state index >= 15 is 0 Å². The van der Waals surface area contributed by atoms with Gasteiger partial charge in [-0.15, -0.1) is 0 Å².